The Labute approximate surface area is 103 Å². The first-order chi connectivity index (χ1) is 8.76. The van der Waals surface area contributed by atoms with Crippen LogP contribution >= 0.6 is 0 Å². The molecule has 0 amide bonds. The highest BCUT2D eigenvalue weighted by Gasteiger charge is 2.08. The summed E-state index contributed by atoms with van der Waals surface area (Å²) in [5, 5.41) is 2.98. The Hall–Kier alpha value is -2.63. The minimum Gasteiger partial charge on any atom is -0.384 e. The minimum atomic E-state index is 0.469. The Bertz CT molecular complexity index is 703. The molecule has 0 spiro atoms. The van der Waals surface area contributed by atoms with Crippen LogP contribution in [0.25, 0.3) is 22.7 Å². The number of hydrogen-bond acceptors (Lipinski definition) is 5. The number of aromatic amines is 1. The normalized spacial score (nSPS) is 10.7. The topological polar surface area (TPSA) is 92.5 Å². The van der Waals surface area contributed by atoms with Gasteiger partial charge in [-0.3, -0.25) is 0 Å². The molecule has 3 aromatic rings. The van der Waals surface area contributed by atoms with Gasteiger partial charge in [-0.15, -0.1) is 0 Å². The van der Waals surface area contributed by atoms with Gasteiger partial charge in [0.25, 0.3) is 0 Å². The zero-order valence-electron chi connectivity index (χ0n) is 9.81. The fourth-order valence-corrected chi connectivity index (χ4v) is 1.74. The number of nitrogens with two attached hydrogens (primary N) is 1. The molecular formula is C12H12N6. The molecular weight excluding hydrogens is 228 g/mol. The Balaban J connectivity index is 2.13. The van der Waals surface area contributed by atoms with Crippen molar-refractivity contribution < 1.29 is 0 Å². The highest BCUT2D eigenvalue weighted by atomic mass is 15.1. The molecule has 0 aliphatic heterocycles. The number of nitrogens with zero attached hydrogens (tertiary/aromatic N) is 3. The number of anilines is 2. The third kappa shape index (κ3) is 1.73. The average molecular weight is 240 g/mol. The second kappa shape index (κ2) is 3.99. The second-order valence-electron chi connectivity index (χ2n) is 3.85. The van der Waals surface area contributed by atoms with E-state index in [1.807, 2.05) is 31.3 Å². The van der Waals surface area contributed by atoms with Crippen LogP contribution in [0.5, 0.6) is 0 Å². The monoisotopic (exact) mass is 240 g/mol. The molecule has 0 fully saturated rings. The van der Waals surface area contributed by atoms with E-state index in [1.165, 1.54) is 0 Å². The molecule has 0 aliphatic rings. The fraction of sp³-hybridized carbons (Fsp3) is 0.0833. The van der Waals surface area contributed by atoms with Crippen molar-refractivity contribution in [3.05, 3.63) is 30.3 Å². The molecule has 90 valence electrons. The Morgan fingerprint density at radius 1 is 1.11 bits per heavy atom. The van der Waals surface area contributed by atoms with Gasteiger partial charge in [-0.05, 0) is 24.3 Å². The summed E-state index contributed by atoms with van der Waals surface area (Å²) in [4.78, 5) is 16.2. The molecule has 0 bridgehead atoms. The van der Waals surface area contributed by atoms with Gasteiger partial charge < -0.3 is 16.0 Å². The van der Waals surface area contributed by atoms with E-state index in [2.05, 4.69) is 25.3 Å². The first-order valence-electron chi connectivity index (χ1n) is 5.54. The number of imidazole rings is 1. The summed E-state index contributed by atoms with van der Waals surface area (Å²) in [5.41, 5.74) is 7.89. The summed E-state index contributed by atoms with van der Waals surface area (Å²) in [6.45, 7) is 0. The summed E-state index contributed by atoms with van der Waals surface area (Å²) in [5.74, 6) is 1.91. The van der Waals surface area contributed by atoms with E-state index in [9.17, 15) is 0 Å². The molecule has 4 N–H and O–H groups in total. The lowest BCUT2D eigenvalue weighted by molar-refractivity contribution is 1.23. The van der Waals surface area contributed by atoms with Crippen LogP contribution in [-0.2, 0) is 0 Å². The molecule has 6 nitrogen and oxygen atoms in total. The van der Waals surface area contributed by atoms with E-state index in [1.54, 1.807) is 6.07 Å². The predicted molar refractivity (Wildman–Crippen MR) is 71.1 cm³/mol. The summed E-state index contributed by atoms with van der Waals surface area (Å²) in [7, 11) is 1.82. The zero-order chi connectivity index (χ0) is 12.5. The van der Waals surface area contributed by atoms with Crippen LogP contribution in [0.4, 0.5) is 11.6 Å². The molecule has 0 radical (unpaired) electrons. The summed E-state index contributed by atoms with van der Waals surface area (Å²) >= 11 is 0. The van der Waals surface area contributed by atoms with Crippen LogP contribution in [0.15, 0.2) is 30.3 Å². The third-order valence-electron chi connectivity index (χ3n) is 2.62. The lowest BCUT2D eigenvalue weighted by atomic mass is 10.3. The number of fused-ring (bicyclic) bond motifs is 1. The number of rotatable bonds is 2. The van der Waals surface area contributed by atoms with Crippen LogP contribution in [0.2, 0.25) is 0 Å². The minimum absolute atomic E-state index is 0.469. The maximum absolute atomic E-state index is 5.66. The molecule has 0 atom stereocenters. The maximum atomic E-state index is 5.66. The first kappa shape index (κ1) is 10.5. The first-order valence-corrected chi connectivity index (χ1v) is 5.54. The van der Waals surface area contributed by atoms with Crippen LogP contribution < -0.4 is 11.1 Å². The molecule has 18 heavy (non-hydrogen) atoms. The zero-order valence-corrected chi connectivity index (χ0v) is 9.81. The average Bonchev–Trinajstić information content (AvgIpc) is 2.81. The van der Waals surface area contributed by atoms with Gasteiger partial charge in [-0.25, -0.2) is 15.0 Å². The predicted octanol–water partition coefficient (Wildman–Crippen LogP) is 1.64. The highest BCUT2D eigenvalue weighted by Crippen LogP contribution is 2.19. The van der Waals surface area contributed by atoms with E-state index in [0.717, 1.165) is 11.3 Å². The molecule has 0 saturated heterocycles. The quantitative estimate of drug-likeness (QED) is 0.633. The lowest BCUT2D eigenvalue weighted by Gasteiger charge is -1.96. The van der Waals surface area contributed by atoms with Gasteiger partial charge in [0, 0.05) is 7.05 Å². The highest BCUT2D eigenvalue weighted by molar-refractivity contribution is 5.76. The number of hydrogen-bond donors (Lipinski definition) is 3. The lowest BCUT2D eigenvalue weighted by Crippen LogP contribution is -1.92. The largest absolute Gasteiger partial charge is 0.384 e. The molecule has 0 saturated carbocycles. The van der Waals surface area contributed by atoms with Crippen LogP contribution in [0.1, 0.15) is 0 Å². The Morgan fingerprint density at radius 3 is 2.78 bits per heavy atom. The van der Waals surface area contributed by atoms with Gasteiger partial charge >= 0.3 is 0 Å². The SMILES string of the molecule is CNc1ccc2[nH]c(-c3cccc(N)n3)nc2n1. The maximum Gasteiger partial charge on any atom is 0.180 e. The third-order valence-corrected chi connectivity index (χ3v) is 2.62. The van der Waals surface area contributed by atoms with Crippen LogP contribution in [0, 0.1) is 0 Å². The van der Waals surface area contributed by atoms with Crippen molar-refractivity contribution in [2.24, 2.45) is 0 Å². The van der Waals surface area contributed by atoms with Crippen molar-refractivity contribution in [3.8, 4) is 11.5 Å². The summed E-state index contributed by atoms with van der Waals surface area (Å²) < 4.78 is 0. The number of nitrogen functional groups attached to an aromatic ring is 1. The smallest absolute Gasteiger partial charge is 0.180 e. The Kier molecular flexibility index (Phi) is 2.33. The van der Waals surface area contributed by atoms with E-state index >= 15 is 0 Å². The van der Waals surface area contributed by atoms with Gasteiger partial charge in [-0.1, -0.05) is 6.07 Å². The van der Waals surface area contributed by atoms with Crippen molar-refractivity contribution in [2.75, 3.05) is 18.1 Å². The molecule has 3 aromatic heterocycles. The van der Waals surface area contributed by atoms with Gasteiger partial charge in [0.1, 0.15) is 17.3 Å². The standard InChI is InChI=1S/C12H12N6/c1-14-10-6-5-8-12(17-10)18-11(16-8)7-3-2-4-9(13)15-7/h2-6H,1H3,(H2,13,15)(H2,14,16,17,18). The molecule has 3 heterocycles. The van der Waals surface area contributed by atoms with Gasteiger partial charge in [-0.2, -0.15) is 0 Å². The van der Waals surface area contributed by atoms with Gasteiger partial charge in [0.05, 0.1) is 5.52 Å². The number of nitrogens with one attached hydrogen (secondary N) is 2. The van der Waals surface area contributed by atoms with E-state index in [0.29, 0.717) is 23.0 Å². The van der Waals surface area contributed by atoms with E-state index in [4.69, 9.17) is 5.73 Å². The van der Waals surface area contributed by atoms with Crippen LogP contribution in [0.3, 0.4) is 0 Å². The molecule has 0 aliphatic carbocycles. The van der Waals surface area contributed by atoms with Crippen molar-refractivity contribution in [1.82, 2.24) is 19.9 Å². The number of H-pyrrole nitrogens is 1. The molecule has 0 aromatic carbocycles. The van der Waals surface area contributed by atoms with Gasteiger partial charge in [0.15, 0.2) is 11.5 Å². The van der Waals surface area contributed by atoms with Crippen molar-refractivity contribution in [2.45, 2.75) is 0 Å². The second-order valence-corrected chi connectivity index (χ2v) is 3.85. The van der Waals surface area contributed by atoms with E-state index < -0.39 is 0 Å². The summed E-state index contributed by atoms with van der Waals surface area (Å²) in [6, 6.07) is 9.25. The van der Waals surface area contributed by atoms with E-state index in [-0.39, 0.29) is 0 Å². The molecule has 3 rings (SSSR count). The molecule has 6 heteroatoms. The van der Waals surface area contributed by atoms with Crippen molar-refractivity contribution >= 4 is 22.8 Å². The summed E-state index contributed by atoms with van der Waals surface area (Å²) in [6.07, 6.45) is 0. The number of aromatic nitrogens is 4. The van der Waals surface area contributed by atoms with Crippen LogP contribution in [-0.4, -0.2) is 27.0 Å². The fourth-order valence-electron chi connectivity index (χ4n) is 1.74. The van der Waals surface area contributed by atoms with Crippen molar-refractivity contribution in [1.29, 1.82) is 0 Å². The van der Waals surface area contributed by atoms with Crippen molar-refractivity contribution in [3.63, 3.8) is 0 Å². The van der Waals surface area contributed by atoms with Gasteiger partial charge in [0.2, 0.25) is 0 Å². The molecule has 0 unspecified atom stereocenters. The number of pyridine rings is 2. The Morgan fingerprint density at radius 2 is 2.00 bits per heavy atom.